The number of rotatable bonds is 3. The summed E-state index contributed by atoms with van der Waals surface area (Å²) in [5.74, 6) is -3.65. The zero-order chi connectivity index (χ0) is 18.2. The second-order valence-corrected chi connectivity index (χ2v) is 5.83. The summed E-state index contributed by atoms with van der Waals surface area (Å²) in [5.41, 5.74) is 3.65. The zero-order valence-corrected chi connectivity index (χ0v) is 14.1. The van der Waals surface area contributed by atoms with Crippen molar-refractivity contribution in [2.24, 2.45) is 0 Å². The molecule has 1 aromatic heterocycles. The standard InChI is InChI=1S/C15H20N4.C2H2O4/c1-18-7-9-19(10-8-18)12-14-11-16-17-15(14)13-5-3-2-4-6-13;3-1(4)2(5)6/h2-6,11H,7-10,12H2,1H3,(H,16,17);(H,3,4)(H,5,6). The first-order chi connectivity index (χ1) is 12.0. The Hall–Kier alpha value is -2.71. The van der Waals surface area contributed by atoms with E-state index in [1.54, 1.807) is 0 Å². The Balaban J connectivity index is 0.000000326. The van der Waals surface area contributed by atoms with Crippen LogP contribution < -0.4 is 0 Å². The van der Waals surface area contributed by atoms with Gasteiger partial charge in [0.25, 0.3) is 0 Å². The molecule has 2 aromatic rings. The third-order valence-electron chi connectivity index (χ3n) is 3.95. The van der Waals surface area contributed by atoms with Crippen molar-refractivity contribution in [2.45, 2.75) is 6.54 Å². The summed E-state index contributed by atoms with van der Waals surface area (Å²) in [7, 11) is 2.19. The number of aromatic nitrogens is 2. The van der Waals surface area contributed by atoms with Crippen LogP contribution in [0.1, 0.15) is 5.56 Å². The third-order valence-corrected chi connectivity index (χ3v) is 3.95. The summed E-state index contributed by atoms with van der Waals surface area (Å²) >= 11 is 0. The van der Waals surface area contributed by atoms with Crippen LogP contribution >= 0.6 is 0 Å². The number of benzene rings is 1. The van der Waals surface area contributed by atoms with Crippen molar-refractivity contribution >= 4 is 11.9 Å². The lowest BCUT2D eigenvalue weighted by molar-refractivity contribution is -0.159. The number of carboxylic acid groups (broad SMARTS) is 2. The van der Waals surface area contributed by atoms with Crippen LogP contribution in [0.3, 0.4) is 0 Å². The van der Waals surface area contributed by atoms with E-state index < -0.39 is 11.9 Å². The topological polar surface area (TPSA) is 110 Å². The first-order valence-corrected chi connectivity index (χ1v) is 7.92. The Kier molecular flexibility index (Phi) is 6.67. The molecule has 2 heterocycles. The van der Waals surface area contributed by atoms with Gasteiger partial charge in [-0.15, -0.1) is 0 Å². The average Bonchev–Trinajstić information content (AvgIpc) is 3.06. The first-order valence-electron chi connectivity index (χ1n) is 7.92. The van der Waals surface area contributed by atoms with Gasteiger partial charge in [0, 0.05) is 38.3 Å². The number of carbonyl (C=O) groups is 2. The van der Waals surface area contributed by atoms with Crippen molar-refractivity contribution in [1.29, 1.82) is 0 Å². The highest BCUT2D eigenvalue weighted by Crippen LogP contribution is 2.22. The average molecular weight is 346 g/mol. The molecule has 8 heteroatoms. The molecule has 3 N–H and O–H groups in total. The molecule has 1 aliphatic rings. The molecule has 0 unspecified atom stereocenters. The van der Waals surface area contributed by atoms with Gasteiger partial charge < -0.3 is 15.1 Å². The van der Waals surface area contributed by atoms with E-state index in [2.05, 4.69) is 51.3 Å². The predicted molar refractivity (Wildman–Crippen MR) is 92.1 cm³/mol. The monoisotopic (exact) mass is 346 g/mol. The van der Waals surface area contributed by atoms with E-state index in [1.807, 2.05) is 12.3 Å². The van der Waals surface area contributed by atoms with Gasteiger partial charge in [0.1, 0.15) is 0 Å². The minimum atomic E-state index is -1.82. The summed E-state index contributed by atoms with van der Waals surface area (Å²) in [6.07, 6.45) is 1.96. The Morgan fingerprint density at radius 1 is 1.08 bits per heavy atom. The number of nitrogens with zero attached hydrogens (tertiary/aromatic N) is 3. The molecule has 0 amide bonds. The highest BCUT2D eigenvalue weighted by atomic mass is 16.4. The molecular weight excluding hydrogens is 324 g/mol. The van der Waals surface area contributed by atoms with Gasteiger partial charge in [0.2, 0.25) is 0 Å². The van der Waals surface area contributed by atoms with Gasteiger partial charge in [-0.05, 0) is 12.6 Å². The summed E-state index contributed by atoms with van der Waals surface area (Å²) in [4.78, 5) is 23.1. The van der Waals surface area contributed by atoms with Gasteiger partial charge >= 0.3 is 11.9 Å². The molecule has 1 fully saturated rings. The van der Waals surface area contributed by atoms with Crippen LogP contribution in [-0.2, 0) is 16.1 Å². The molecule has 0 atom stereocenters. The molecule has 1 aliphatic heterocycles. The van der Waals surface area contributed by atoms with E-state index in [1.165, 1.54) is 11.1 Å². The molecule has 0 bridgehead atoms. The van der Waals surface area contributed by atoms with Crippen molar-refractivity contribution in [3.63, 3.8) is 0 Å². The van der Waals surface area contributed by atoms with Crippen LogP contribution in [0, 0.1) is 0 Å². The van der Waals surface area contributed by atoms with Crippen LogP contribution in [-0.4, -0.2) is 75.4 Å². The largest absolute Gasteiger partial charge is 0.473 e. The maximum atomic E-state index is 9.10. The Labute approximate surface area is 145 Å². The molecule has 134 valence electrons. The Morgan fingerprint density at radius 3 is 2.24 bits per heavy atom. The molecule has 8 nitrogen and oxygen atoms in total. The smallest absolute Gasteiger partial charge is 0.414 e. The number of hydrogen-bond donors (Lipinski definition) is 3. The fourth-order valence-electron chi connectivity index (χ4n) is 2.53. The molecule has 0 aliphatic carbocycles. The summed E-state index contributed by atoms with van der Waals surface area (Å²) in [5, 5.41) is 22.1. The van der Waals surface area contributed by atoms with E-state index in [9.17, 15) is 0 Å². The van der Waals surface area contributed by atoms with Gasteiger partial charge in [0.15, 0.2) is 0 Å². The second-order valence-electron chi connectivity index (χ2n) is 5.83. The number of piperazine rings is 1. The zero-order valence-electron chi connectivity index (χ0n) is 14.1. The summed E-state index contributed by atoms with van der Waals surface area (Å²) < 4.78 is 0. The number of carboxylic acids is 2. The summed E-state index contributed by atoms with van der Waals surface area (Å²) in [6.45, 7) is 5.55. The lowest BCUT2D eigenvalue weighted by atomic mass is 10.1. The Morgan fingerprint density at radius 2 is 1.68 bits per heavy atom. The molecule has 0 spiro atoms. The van der Waals surface area contributed by atoms with E-state index in [0.29, 0.717) is 0 Å². The van der Waals surface area contributed by atoms with Crippen LogP contribution in [0.25, 0.3) is 11.3 Å². The van der Waals surface area contributed by atoms with Crippen molar-refractivity contribution in [3.05, 3.63) is 42.1 Å². The third kappa shape index (κ3) is 5.70. The van der Waals surface area contributed by atoms with Crippen LogP contribution in [0.5, 0.6) is 0 Å². The van der Waals surface area contributed by atoms with Crippen LogP contribution in [0.4, 0.5) is 0 Å². The quantitative estimate of drug-likeness (QED) is 0.711. The van der Waals surface area contributed by atoms with E-state index in [4.69, 9.17) is 19.8 Å². The van der Waals surface area contributed by atoms with Gasteiger partial charge in [0.05, 0.1) is 11.9 Å². The first kappa shape index (κ1) is 18.6. The minimum absolute atomic E-state index is 0.981. The van der Waals surface area contributed by atoms with Crippen LogP contribution in [0.2, 0.25) is 0 Å². The van der Waals surface area contributed by atoms with Crippen LogP contribution in [0.15, 0.2) is 36.5 Å². The van der Waals surface area contributed by atoms with Gasteiger partial charge in [-0.2, -0.15) is 5.10 Å². The van der Waals surface area contributed by atoms with Crippen molar-refractivity contribution in [3.8, 4) is 11.3 Å². The van der Waals surface area contributed by atoms with E-state index >= 15 is 0 Å². The van der Waals surface area contributed by atoms with Crippen molar-refractivity contribution in [2.75, 3.05) is 33.2 Å². The van der Waals surface area contributed by atoms with Crippen molar-refractivity contribution in [1.82, 2.24) is 20.0 Å². The SMILES string of the molecule is CN1CCN(Cc2cn[nH]c2-c2ccccc2)CC1.O=C(O)C(=O)O. The fraction of sp³-hybridized carbons (Fsp3) is 0.353. The lowest BCUT2D eigenvalue weighted by Crippen LogP contribution is -2.43. The van der Waals surface area contributed by atoms with E-state index in [0.717, 1.165) is 38.4 Å². The second kappa shape index (κ2) is 8.95. The number of nitrogens with one attached hydrogen (secondary N) is 1. The highest BCUT2D eigenvalue weighted by Gasteiger charge is 2.16. The number of H-pyrrole nitrogens is 1. The maximum Gasteiger partial charge on any atom is 0.414 e. The van der Waals surface area contributed by atoms with Gasteiger partial charge in [-0.1, -0.05) is 30.3 Å². The number of hydrogen-bond acceptors (Lipinski definition) is 5. The normalized spacial score (nSPS) is 15.2. The van der Waals surface area contributed by atoms with E-state index in [-0.39, 0.29) is 0 Å². The molecule has 1 saturated heterocycles. The predicted octanol–water partition coefficient (Wildman–Crippen LogP) is 0.980. The maximum absolute atomic E-state index is 9.10. The van der Waals surface area contributed by atoms with Crippen molar-refractivity contribution < 1.29 is 19.8 Å². The highest BCUT2D eigenvalue weighted by molar-refractivity contribution is 6.27. The summed E-state index contributed by atoms with van der Waals surface area (Å²) in [6, 6.07) is 10.4. The molecular formula is C17H22N4O4. The van der Waals surface area contributed by atoms with Gasteiger partial charge in [-0.3, -0.25) is 10.00 Å². The number of aromatic amines is 1. The van der Waals surface area contributed by atoms with Gasteiger partial charge in [-0.25, -0.2) is 9.59 Å². The minimum Gasteiger partial charge on any atom is -0.473 e. The molecule has 25 heavy (non-hydrogen) atoms. The molecule has 0 radical (unpaired) electrons. The molecule has 0 saturated carbocycles. The Bertz CT molecular complexity index is 682. The molecule has 1 aromatic carbocycles. The number of likely N-dealkylation sites (N-methyl/N-ethyl adjacent to an activating group) is 1. The molecule has 3 rings (SSSR count). The fourth-order valence-corrected chi connectivity index (χ4v) is 2.53. The lowest BCUT2D eigenvalue weighted by Gasteiger charge is -2.32. The number of aliphatic carboxylic acids is 2.